The number of carbonyl (C=O) groups excluding carboxylic acids is 1. The molecule has 0 spiro atoms. The molecule has 1 heterocycles. The van der Waals surface area contributed by atoms with E-state index in [4.69, 9.17) is 4.74 Å². The predicted molar refractivity (Wildman–Crippen MR) is 78.0 cm³/mol. The van der Waals surface area contributed by atoms with Crippen LogP contribution in [0.3, 0.4) is 0 Å². The summed E-state index contributed by atoms with van der Waals surface area (Å²) in [6.07, 6.45) is 4.57. The number of nitrogens with one attached hydrogen (secondary N) is 1. The summed E-state index contributed by atoms with van der Waals surface area (Å²) >= 11 is 0. The van der Waals surface area contributed by atoms with Crippen LogP contribution in [0.4, 0.5) is 0 Å². The van der Waals surface area contributed by atoms with E-state index < -0.39 is 33.4 Å². The second kappa shape index (κ2) is 6.95. The van der Waals surface area contributed by atoms with Gasteiger partial charge in [-0.2, -0.15) is 0 Å². The second-order valence-electron chi connectivity index (χ2n) is 5.81. The lowest BCUT2D eigenvalue weighted by Gasteiger charge is -2.20. The van der Waals surface area contributed by atoms with E-state index in [-0.39, 0.29) is 0 Å². The first-order valence-corrected chi connectivity index (χ1v) is 8.19. The SMILES string of the molecule is CC(Cc1cnccn1)OC(=O)CS(=O)(=O)NC(C)(C)C. The third-order valence-corrected chi connectivity index (χ3v) is 3.75. The smallest absolute Gasteiger partial charge is 0.322 e. The lowest BCUT2D eigenvalue weighted by atomic mass is 10.1. The van der Waals surface area contributed by atoms with Gasteiger partial charge in [-0.05, 0) is 27.7 Å². The van der Waals surface area contributed by atoms with Gasteiger partial charge in [-0.15, -0.1) is 0 Å². The lowest BCUT2D eigenvalue weighted by molar-refractivity contribution is -0.144. The van der Waals surface area contributed by atoms with E-state index in [2.05, 4.69) is 14.7 Å². The standard InChI is InChI=1S/C13H21N3O4S/c1-10(7-11-8-14-5-6-15-11)20-12(17)9-21(18,19)16-13(2,3)4/h5-6,8,10,16H,7,9H2,1-4H3. The van der Waals surface area contributed by atoms with Gasteiger partial charge < -0.3 is 4.74 Å². The van der Waals surface area contributed by atoms with E-state index in [1.807, 2.05) is 0 Å². The minimum absolute atomic E-state index is 0.381. The second-order valence-corrected chi connectivity index (χ2v) is 7.53. The van der Waals surface area contributed by atoms with Crippen LogP contribution in [0, 0.1) is 0 Å². The zero-order valence-electron chi connectivity index (χ0n) is 12.7. The summed E-state index contributed by atoms with van der Waals surface area (Å²) in [6.45, 7) is 6.78. The zero-order chi connectivity index (χ0) is 16.1. The van der Waals surface area contributed by atoms with Gasteiger partial charge in [0.05, 0.1) is 5.69 Å². The number of esters is 1. The number of aromatic nitrogens is 2. The van der Waals surface area contributed by atoms with E-state index in [9.17, 15) is 13.2 Å². The van der Waals surface area contributed by atoms with Crippen LogP contribution >= 0.6 is 0 Å². The molecule has 1 unspecified atom stereocenters. The van der Waals surface area contributed by atoms with Gasteiger partial charge in [0.25, 0.3) is 0 Å². The summed E-state index contributed by atoms with van der Waals surface area (Å²) in [5.74, 6) is -1.49. The molecular weight excluding hydrogens is 294 g/mol. The van der Waals surface area contributed by atoms with Gasteiger partial charge in [-0.1, -0.05) is 0 Å². The fourth-order valence-electron chi connectivity index (χ4n) is 1.69. The Kier molecular flexibility index (Phi) is 5.79. The van der Waals surface area contributed by atoms with Crippen LogP contribution in [0.2, 0.25) is 0 Å². The molecule has 118 valence electrons. The number of hydrogen-bond donors (Lipinski definition) is 1. The molecule has 21 heavy (non-hydrogen) atoms. The van der Waals surface area contributed by atoms with Crippen molar-refractivity contribution in [2.75, 3.05) is 5.75 Å². The van der Waals surface area contributed by atoms with Gasteiger partial charge in [0.1, 0.15) is 6.10 Å². The van der Waals surface area contributed by atoms with Crippen molar-refractivity contribution in [1.82, 2.24) is 14.7 Å². The maximum absolute atomic E-state index is 11.8. The molecule has 0 bridgehead atoms. The molecule has 1 N–H and O–H groups in total. The van der Waals surface area contributed by atoms with Crippen LogP contribution in [-0.4, -0.2) is 41.8 Å². The molecule has 0 aliphatic heterocycles. The Morgan fingerprint density at radius 1 is 1.38 bits per heavy atom. The topological polar surface area (TPSA) is 98.2 Å². The van der Waals surface area contributed by atoms with Crippen LogP contribution in [-0.2, 0) is 26.0 Å². The molecule has 0 amide bonds. The highest BCUT2D eigenvalue weighted by atomic mass is 32.2. The first-order valence-electron chi connectivity index (χ1n) is 6.53. The third kappa shape index (κ3) is 7.72. The maximum Gasteiger partial charge on any atom is 0.322 e. The Labute approximate surface area is 125 Å². The number of hydrogen-bond acceptors (Lipinski definition) is 6. The van der Waals surface area contributed by atoms with E-state index in [1.165, 1.54) is 0 Å². The number of ether oxygens (including phenoxy) is 1. The molecule has 0 fully saturated rings. The van der Waals surface area contributed by atoms with Crippen molar-refractivity contribution < 1.29 is 17.9 Å². The average molecular weight is 315 g/mol. The third-order valence-electron chi connectivity index (χ3n) is 2.22. The van der Waals surface area contributed by atoms with Crippen molar-refractivity contribution in [3.63, 3.8) is 0 Å². The normalized spacial score (nSPS) is 13.7. The molecular formula is C13H21N3O4S. The quantitative estimate of drug-likeness (QED) is 0.775. The van der Waals surface area contributed by atoms with Gasteiger partial charge in [-0.3, -0.25) is 14.8 Å². The maximum atomic E-state index is 11.8. The predicted octanol–water partition coefficient (Wildman–Crippen LogP) is 0.669. The van der Waals surface area contributed by atoms with Crippen molar-refractivity contribution in [3.05, 3.63) is 24.3 Å². The van der Waals surface area contributed by atoms with Crippen LogP contribution in [0.1, 0.15) is 33.4 Å². The fraction of sp³-hybridized carbons (Fsp3) is 0.615. The molecule has 7 nitrogen and oxygen atoms in total. The highest BCUT2D eigenvalue weighted by Crippen LogP contribution is 2.05. The molecule has 1 aromatic rings. The van der Waals surface area contributed by atoms with E-state index in [0.717, 1.165) is 0 Å². The Bertz CT molecular complexity index is 567. The van der Waals surface area contributed by atoms with Gasteiger partial charge in [0.15, 0.2) is 5.75 Å². The summed E-state index contributed by atoms with van der Waals surface area (Å²) < 4.78 is 31.0. The van der Waals surface area contributed by atoms with Gasteiger partial charge >= 0.3 is 5.97 Å². The molecule has 1 atom stereocenters. The lowest BCUT2D eigenvalue weighted by Crippen LogP contribution is -2.43. The van der Waals surface area contributed by atoms with Crippen LogP contribution in [0.5, 0.6) is 0 Å². The first kappa shape index (κ1) is 17.5. The van der Waals surface area contributed by atoms with Gasteiger partial charge in [-0.25, -0.2) is 13.1 Å². The molecule has 1 rings (SSSR count). The van der Waals surface area contributed by atoms with Crippen molar-refractivity contribution in [3.8, 4) is 0 Å². The van der Waals surface area contributed by atoms with E-state index in [0.29, 0.717) is 12.1 Å². The Morgan fingerprint density at radius 2 is 2.05 bits per heavy atom. The van der Waals surface area contributed by atoms with E-state index >= 15 is 0 Å². The summed E-state index contributed by atoms with van der Waals surface area (Å²) in [6, 6.07) is 0. The summed E-state index contributed by atoms with van der Waals surface area (Å²) in [5.41, 5.74) is 0.0399. The van der Waals surface area contributed by atoms with Crippen molar-refractivity contribution in [2.45, 2.75) is 45.8 Å². The summed E-state index contributed by atoms with van der Waals surface area (Å²) in [7, 11) is -3.71. The molecule has 0 aliphatic carbocycles. The molecule has 0 saturated heterocycles. The fourth-order valence-corrected chi connectivity index (χ4v) is 3.07. The highest BCUT2D eigenvalue weighted by molar-refractivity contribution is 7.90. The Hall–Kier alpha value is -1.54. The van der Waals surface area contributed by atoms with Crippen molar-refractivity contribution in [1.29, 1.82) is 0 Å². The number of rotatable bonds is 6. The minimum atomic E-state index is -3.71. The van der Waals surface area contributed by atoms with Gasteiger partial charge in [0, 0.05) is 30.6 Å². The van der Waals surface area contributed by atoms with Crippen molar-refractivity contribution >= 4 is 16.0 Å². The Morgan fingerprint density at radius 3 is 2.57 bits per heavy atom. The van der Waals surface area contributed by atoms with Gasteiger partial charge in [0.2, 0.25) is 10.0 Å². The van der Waals surface area contributed by atoms with Crippen LogP contribution < -0.4 is 4.72 Å². The highest BCUT2D eigenvalue weighted by Gasteiger charge is 2.24. The average Bonchev–Trinajstić information content (AvgIpc) is 2.24. The molecule has 8 heteroatoms. The van der Waals surface area contributed by atoms with Crippen LogP contribution in [0.15, 0.2) is 18.6 Å². The summed E-state index contributed by atoms with van der Waals surface area (Å²) in [4.78, 5) is 19.6. The molecule has 0 aliphatic rings. The number of carbonyl (C=O) groups is 1. The molecule has 1 aromatic heterocycles. The minimum Gasteiger partial charge on any atom is -0.461 e. The number of nitrogens with zero attached hydrogens (tertiary/aromatic N) is 2. The zero-order valence-corrected chi connectivity index (χ0v) is 13.5. The van der Waals surface area contributed by atoms with Crippen LogP contribution in [0.25, 0.3) is 0 Å². The molecule has 0 saturated carbocycles. The van der Waals surface area contributed by atoms with Crippen molar-refractivity contribution in [2.24, 2.45) is 0 Å². The molecule has 0 aromatic carbocycles. The largest absolute Gasteiger partial charge is 0.461 e. The summed E-state index contributed by atoms with van der Waals surface area (Å²) in [5, 5.41) is 0. The molecule has 0 radical (unpaired) electrons. The monoisotopic (exact) mass is 315 g/mol. The Balaban J connectivity index is 2.50. The first-order chi connectivity index (χ1) is 9.57. The number of sulfonamides is 1. The van der Waals surface area contributed by atoms with E-state index in [1.54, 1.807) is 46.3 Å².